The maximum Gasteiger partial charge on any atom is 0.335 e. The topological polar surface area (TPSA) is 43.8 Å². The summed E-state index contributed by atoms with van der Waals surface area (Å²) in [5.74, 6) is -1.11. The quantitative estimate of drug-likeness (QED) is 0.934. The summed E-state index contributed by atoms with van der Waals surface area (Å²) in [5.41, 5.74) is 2.48. The van der Waals surface area contributed by atoms with Crippen LogP contribution in [0.15, 0.2) is 48.5 Å². The summed E-state index contributed by atoms with van der Waals surface area (Å²) in [6.45, 7) is 5.76. The summed E-state index contributed by atoms with van der Waals surface area (Å²) in [6, 6.07) is 14.0. The average Bonchev–Trinajstić information content (AvgIpc) is 2.62. The van der Waals surface area contributed by atoms with Crippen LogP contribution in [0.1, 0.15) is 28.9 Å². The number of benzene rings is 2. The SMILES string of the molecule is C[C@H](c1ccc(C(=O)O)cc1)N1CCN(c2ccc(F)cc2)CC1. The van der Waals surface area contributed by atoms with Gasteiger partial charge in [-0.25, -0.2) is 9.18 Å². The van der Waals surface area contributed by atoms with Crippen LogP contribution in [0.5, 0.6) is 0 Å². The number of hydrogen-bond donors (Lipinski definition) is 1. The van der Waals surface area contributed by atoms with Crippen molar-refractivity contribution in [1.29, 1.82) is 0 Å². The zero-order valence-electron chi connectivity index (χ0n) is 13.7. The molecule has 1 aliphatic rings. The van der Waals surface area contributed by atoms with Crippen molar-refractivity contribution in [1.82, 2.24) is 4.90 Å². The van der Waals surface area contributed by atoms with Gasteiger partial charge in [0.1, 0.15) is 5.82 Å². The van der Waals surface area contributed by atoms with Gasteiger partial charge in [-0.15, -0.1) is 0 Å². The minimum Gasteiger partial charge on any atom is -0.478 e. The van der Waals surface area contributed by atoms with Gasteiger partial charge in [0.2, 0.25) is 0 Å². The van der Waals surface area contributed by atoms with Crippen molar-refractivity contribution < 1.29 is 14.3 Å². The van der Waals surface area contributed by atoms with Crippen molar-refractivity contribution in [3.8, 4) is 0 Å². The number of anilines is 1. The summed E-state index contributed by atoms with van der Waals surface area (Å²) in [7, 11) is 0. The van der Waals surface area contributed by atoms with Crippen LogP contribution in [-0.2, 0) is 0 Å². The maximum atomic E-state index is 13.0. The zero-order chi connectivity index (χ0) is 17.1. The molecule has 2 aromatic rings. The molecule has 0 radical (unpaired) electrons. The first-order chi connectivity index (χ1) is 11.5. The third-order valence-corrected chi connectivity index (χ3v) is 4.69. The minimum atomic E-state index is -0.901. The summed E-state index contributed by atoms with van der Waals surface area (Å²) in [6.07, 6.45) is 0. The van der Waals surface area contributed by atoms with E-state index in [0.29, 0.717) is 5.56 Å². The lowest BCUT2D eigenvalue weighted by Gasteiger charge is -2.39. The summed E-state index contributed by atoms with van der Waals surface area (Å²) >= 11 is 0. The van der Waals surface area contributed by atoms with Crippen molar-refractivity contribution in [2.45, 2.75) is 13.0 Å². The predicted molar refractivity (Wildman–Crippen MR) is 92.0 cm³/mol. The molecule has 5 heteroatoms. The molecule has 2 aromatic carbocycles. The Morgan fingerprint density at radius 1 is 1.00 bits per heavy atom. The molecular formula is C19H21FN2O2. The van der Waals surface area contributed by atoms with Gasteiger partial charge in [-0.2, -0.15) is 0 Å². The van der Waals surface area contributed by atoms with E-state index in [-0.39, 0.29) is 11.9 Å². The molecule has 3 rings (SSSR count). The molecule has 0 bridgehead atoms. The van der Waals surface area contributed by atoms with Gasteiger partial charge in [0, 0.05) is 37.9 Å². The highest BCUT2D eigenvalue weighted by molar-refractivity contribution is 5.87. The Morgan fingerprint density at radius 3 is 2.12 bits per heavy atom. The van der Waals surface area contributed by atoms with E-state index in [2.05, 4.69) is 16.7 Å². The Hall–Kier alpha value is -2.40. The molecule has 0 spiro atoms. The van der Waals surface area contributed by atoms with E-state index < -0.39 is 5.97 Å². The highest BCUT2D eigenvalue weighted by atomic mass is 19.1. The lowest BCUT2D eigenvalue weighted by atomic mass is 10.0. The number of aromatic carboxylic acids is 1. The number of halogens is 1. The molecule has 0 aliphatic carbocycles. The molecule has 0 unspecified atom stereocenters. The second-order valence-corrected chi connectivity index (χ2v) is 6.10. The Morgan fingerprint density at radius 2 is 1.58 bits per heavy atom. The van der Waals surface area contributed by atoms with Gasteiger partial charge in [-0.05, 0) is 48.9 Å². The second kappa shape index (κ2) is 7.01. The molecule has 1 saturated heterocycles. The fraction of sp³-hybridized carbons (Fsp3) is 0.316. The Balaban J connectivity index is 1.61. The summed E-state index contributed by atoms with van der Waals surface area (Å²) in [5, 5.41) is 8.98. The number of piperazine rings is 1. The third kappa shape index (κ3) is 3.57. The van der Waals surface area contributed by atoms with Crippen LogP contribution in [0.3, 0.4) is 0 Å². The molecular weight excluding hydrogens is 307 g/mol. The molecule has 0 amide bonds. The largest absolute Gasteiger partial charge is 0.478 e. The van der Waals surface area contributed by atoms with Gasteiger partial charge in [-0.3, -0.25) is 4.90 Å². The van der Waals surface area contributed by atoms with Crippen molar-refractivity contribution in [3.63, 3.8) is 0 Å². The zero-order valence-corrected chi connectivity index (χ0v) is 13.7. The fourth-order valence-corrected chi connectivity index (χ4v) is 3.13. The van der Waals surface area contributed by atoms with Crippen molar-refractivity contribution in [2.24, 2.45) is 0 Å². The van der Waals surface area contributed by atoms with Crippen LogP contribution >= 0.6 is 0 Å². The average molecular weight is 328 g/mol. The smallest absolute Gasteiger partial charge is 0.335 e. The van der Waals surface area contributed by atoms with E-state index in [9.17, 15) is 9.18 Å². The lowest BCUT2D eigenvalue weighted by Crippen LogP contribution is -2.47. The molecule has 1 fully saturated rings. The Labute approximate surface area is 141 Å². The third-order valence-electron chi connectivity index (χ3n) is 4.69. The molecule has 0 aromatic heterocycles. The number of nitrogens with zero attached hydrogens (tertiary/aromatic N) is 2. The first kappa shape index (κ1) is 16.5. The standard InChI is InChI=1S/C19H21FN2O2/c1-14(15-2-4-16(5-3-15)19(23)24)21-10-12-22(13-11-21)18-8-6-17(20)7-9-18/h2-9,14H,10-13H2,1H3,(H,23,24)/t14-/m1/s1. The van der Waals surface area contributed by atoms with E-state index in [0.717, 1.165) is 37.4 Å². The van der Waals surface area contributed by atoms with E-state index in [1.807, 2.05) is 24.3 Å². The highest BCUT2D eigenvalue weighted by Crippen LogP contribution is 2.24. The first-order valence-electron chi connectivity index (χ1n) is 8.12. The number of hydrogen-bond acceptors (Lipinski definition) is 3. The molecule has 1 heterocycles. The van der Waals surface area contributed by atoms with Crippen LogP contribution in [-0.4, -0.2) is 42.2 Å². The monoisotopic (exact) mass is 328 g/mol. The number of carboxylic acids is 1. The van der Waals surface area contributed by atoms with Gasteiger partial charge in [0.15, 0.2) is 0 Å². The van der Waals surface area contributed by atoms with Crippen molar-refractivity contribution in [2.75, 3.05) is 31.1 Å². The van der Waals surface area contributed by atoms with Crippen LogP contribution in [0.2, 0.25) is 0 Å². The van der Waals surface area contributed by atoms with Crippen LogP contribution in [0.4, 0.5) is 10.1 Å². The summed E-state index contributed by atoms with van der Waals surface area (Å²) < 4.78 is 13.0. The predicted octanol–water partition coefficient (Wildman–Crippen LogP) is 3.41. The number of rotatable bonds is 4. The lowest BCUT2D eigenvalue weighted by molar-refractivity contribution is 0.0697. The molecule has 1 N–H and O–H groups in total. The Bertz CT molecular complexity index is 692. The number of carboxylic acid groups (broad SMARTS) is 1. The van der Waals surface area contributed by atoms with Crippen LogP contribution in [0, 0.1) is 5.82 Å². The molecule has 1 atom stereocenters. The van der Waals surface area contributed by atoms with E-state index in [1.165, 1.54) is 12.1 Å². The van der Waals surface area contributed by atoms with Gasteiger partial charge < -0.3 is 10.0 Å². The normalized spacial score (nSPS) is 16.8. The van der Waals surface area contributed by atoms with Crippen molar-refractivity contribution in [3.05, 3.63) is 65.5 Å². The summed E-state index contributed by atoms with van der Waals surface area (Å²) in [4.78, 5) is 15.6. The fourth-order valence-electron chi connectivity index (χ4n) is 3.13. The van der Waals surface area contributed by atoms with Gasteiger partial charge in [0.05, 0.1) is 5.56 Å². The van der Waals surface area contributed by atoms with Gasteiger partial charge in [-0.1, -0.05) is 12.1 Å². The molecule has 1 aliphatic heterocycles. The van der Waals surface area contributed by atoms with E-state index >= 15 is 0 Å². The molecule has 0 saturated carbocycles. The van der Waals surface area contributed by atoms with Gasteiger partial charge >= 0.3 is 5.97 Å². The van der Waals surface area contributed by atoms with Crippen LogP contribution < -0.4 is 4.90 Å². The maximum absolute atomic E-state index is 13.0. The second-order valence-electron chi connectivity index (χ2n) is 6.10. The van der Waals surface area contributed by atoms with Gasteiger partial charge in [0.25, 0.3) is 0 Å². The molecule has 24 heavy (non-hydrogen) atoms. The van der Waals surface area contributed by atoms with Crippen LogP contribution in [0.25, 0.3) is 0 Å². The van der Waals surface area contributed by atoms with Crippen molar-refractivity contribution >= 4 is 11.7 Å². The van der Waals surface area contributed by atoms with E-state index in [1.54, 1.807) is 12.1 Å². The molecule has 126 valence electrons. The number of carbonyl (C=O) groups is 1. The molecule has 4 nitrogen and oxygen atoms in total. The minimum absolute atomic E-state index is 0.212. The van der Waals surface area contributed by atoms with E-state index in [4.69, 9.17) is 5.11 Å². The highest BCUT2D eigenvalue weighted by Gasteiger charge is 2.22. The Kier molecular flexibility index (Phi) is 4.81. The first-order valence-corrected chi connectivity index (χ1v) is 8.12.